The highest BCUT2D eigenvalue weighted by atomic mass is 32.1. The summed E-state index contributed by atoms with van der Waals surface area (Å²) in [6, 6.07) is 0. The molecule has 2 fully saturated rings. The zero-order valence-corrected chi connectivity index (χ0v) is 9.03. The largest absolute Gasteiger partial charge is 0.253 e. The number of hydrogen-bond acceptors (Lipinski definition) is 4. The van der Waals surface area contributed by atoms with Crippen molar-refractivity contribution in [3.8, 4) is 0 Å². The van der Waals surface area contributed by atoms with E-state index < -0.39 is 0 Å². The fourth-order valence-corrected chi connectivity index (χ4v) is 3.27. The topological polar surface area (TPSA) is 6.48 Å². The Balaban J connectivity index is 2.00. The van der Waals surface area contributed by atoms with E-state index in [1.54, 1.807) is 0 Å². The van der Waals surface area contributed by atoms with Crippen LogP contribution >= 0.6 is 25.6 Å². The number of rotatable bonds is 0. The van der Waals surface area contributed by atoms with E-state index in [2.05, 4.69) is 34.2 Å². The third kappa shape index (κ3) is 1.76. The molecule has 2 aliphatic heterocycles. The summed E-state index contributed by atoms with van der Waals surface area (Å²) in [7, 11) is 0. The van der Waals surface area contributed by atoms with Crippen LogP contribution in [0.5, 0.6) is 0 Å². The van der Waals surface area contributed by atoms with Crippen LogP contribution in [0.25, 0.3) is 0 Å². The third-order valence-electron chi connectivity index (χ3n) is 3.06. The predicted octanol–water partition coefficient (Wildman–Crippen LogP) is 1.46. The normalized spacial score (nSPS) is 39.5. The molecular formula is C8H16N2S2. The standard InChI is InChI=1S/C8H16N2S2/c11-9-4-1-2-8(6-9)3-5-10(12)7-8/h11-12H,1-7H2. The molecular weight excluding hydrogens is 188 g/mol. The lowest BCUT2D eigenvalue weighted by Gasteiger charge is -2.37. The first-order valence-corrected chi connectivity index (χ1v) is 5.38. The van der Waals surface area contributed by atoms with Crippen molar-refractivity contribution in [3.05, 3.63) is 0 Å². The fraction of sp³-hybridized carbons (Fsp3) is 1.00. The van der Waals surface area contributed by atoms with Crippen LogP contribution in [0.3, 0.4) is 0 Å². The molecule has 0 N–H and O–H groups in total. The van der Waals surface area contributed by atoms with Gasteiger partial charge in [0, 0.05) is 26.2 Å². The van der Waals surface area contributed by atoms with Crippen LogP contribution in [0.4, 0.5) is 0 Å². The minimum atomic E-state index is 0.516. The van der Waals surface area contributed by atoms with E-state index in [0.717, 1.165) is 26.2 Å². The van der Waals surface area contributed by atoms with Crippen LogP contribution in [0.2, 0.25) is 0 Å². The van der Waals surface area contributed by atoms with Crippen molar-refractivity contribution in [2.45, 2.75) is 19.3 Å². The molecule has 0 bridgehead atoms. The van der Waals surface area contributed by atoms with Crippen molar-refractivity contribution < 1.29 is 0 Å². The predicted molar refractivity (Wildman–Crippen MR) is 57.4 cm³/mol. The van der Waals surface area contributed by atoms with Crippen molar-refractivity contribution >= 4 is 25.6 Å². The quantitative estimate of drug-likeness (QED) is 0.577. The van der Waals surface area contributed by atoms with E-state index in [-0.39, 0.29) is 0 Å². The summed E-state index contributed by atoms with van der Waals surface area (Å²) in [4.78, 5) is 0. The Labute approximate surface area is 85.4 Å². The molecule has 70 valence electrons. The maximum Gasteiger partial charge on any atom is 0.0157 e. The molecule has 0 aromatic carbocycles. The Kier molecular flexibility index (Phi) is 2.61. The summed E-state index contributed by atoms with van der Waals surface area (Å²) >= 11 is 8.83. The fourth-order valence-electron chi connectivity index (χ4n) is 2.43. The molecule has 1 spiro atoms. The second-order valence-electron chi connectivity index (χ2n) is 4.13. The van der Waals surface area contributed by atoms with Gasteiger partial charge in [0.2, 0.25) is 0 Å². The Bertz CT molecular complexity index is 172. The van der Waals surface area contributed by atoms with E-state index in [1.165, 1.54) is 19.3 Å². The van der Waals surface area contributed by atoms with Gasteiger partial charge in [0.05, 0.1) is 0 Å². The molecule has 2 heterocycles. The van der Waals surface area contributed by atoms with Crippen LogP contribution < -0.4 is 0 Å². The Morgan fingerprint density at radius 2 is 1.58 bits per heavy atom. The van der Waals surface area contributed by atoms with Crippen molar-refractivity contribution in [1.29, 1.82) is 0 Å². The molecule has 2 aliphatic rings. The summed E-state index contributed by atoms with van der Waals surface area (Å²) in [5.41, 5.74) is 0.516. The van der Waals surface area contributed by atoms with Gasteiger partial charge in [-0.25, -0.2) is 0 Å². The molecule has 0 amide bonds. The lowest BCUT2D eigenvalue weighted by molar-refractivity contribution is 0.171. The minimum Gasteiger partial charge on any atom is -0.253 e. The molecule has 0 aromatic heterocycles. The van der Waals surface area contributed by atoms with Crippen LogP contribution in [-0.2, 0) is 0 Å². The van der Waals surface area contributed by atoms with Gasteiger partial charge in [-0.1, -0.05) is 25.6 Å². The first-order valence-electron chi connectivity index (χ1n) is 4.58. The highest BCUT2D eigenvalue weighted by Crippen LogP contribution is 2.39. The average molecular weight is 204 g/mol. The second-order valence-corrected chi connectivity index (χ2v) is 5.26. The van der Waals surface area contributed by atoms with Gasteiger partial charge in [0.25, 0.3) is 0 Å². The number of hydrogen-bond donors (Lipinski definition) is 2. The molecule has 0 aromatic rings. The smallest absolute Gasteiger partial charge is 0.0157 e. The number of piperidine rings is 1. The lowest BCUT2D eigenvalue weighted by atomic mass is 9.80. The molecule has 1 atom stereocenters. The van der Waals surface area contributed by atoms with Crippen molar-refractivity contribution in [2.24, 2.45) is 5.41 Å². The summed E-state index contributed by atoms with van der Waals surface area (Å²) in [6.45, 7) is 4.59. The highest BCUT2D eigenvalue weighted by Gasteiger charge is 2.39. The number of thiol groups is 2. The zero-order chi connectivity index (χ0) is 8.60. The van der Waals surface area contributed by atoms with Crippen LogP contribution in [0.15, 0.2) is 0 Å². The van der Waals surface area contributed by atoms with Gasteiger partial charge in [-0.2, -0.15) is 0 Å². The van der Waals surface area contributed by atoms with E-state index >= 15 is 0 Å². The van der Waals surface area contributed by atoms with Gasteiger partial charge >= 0.3 is 0 Å². The van der Waals surface area contributed by atoms with Crippen molar-refractivity contribution in [1.82, 2.24) is 8.61 Å². The van der Waals surface area contributed by atoms with E-state index in [9.17, 15) is 0 Å². The summed E-state index contributed by atoms with van der Waals surface area (Å²) in [5.74, 6) is 0. The molecule has 2 saturated heterocycles. The van der Waals surface area contributed by atoms with Crippen LogP contribution in [0, 0.1) is 5.41 Å². The molecule has 1 unspecified atom stereocenters. The van der Waals surface area contributed by atoms with Gasteiger partial charge in [-0.05, 0) is 24.7 Å². The average Bonchev–Trinajstić information content (AvgIpc) is 2.32. The minimum absolute atomic E-state index is 0.516. The monoisotopic (exact) mass is 204 g/mol. The SMILES string of the molecule is SN1CCCC2(CCN(S)C2)C1. The maximum atomic E-state index is 4.43. The van der Waals surface area contributed by atoms with Gasteiger partial charge in [0.15, 0.2) is 0 Å². The van der Waals surface area contributed by atoms with Gasteiger partial charge in [-0.3, -0.25) is 8.61 Å². The van der Waals surface area contributed by atoms with E-state index in [4.69, 9.17) is 0 Å². The molecule has 0 aliphatic carbocycles. The summed E-state index contributed by atoms with van der Waals surface area (Å²) in [6.07, 6.45) is 3.96. The molecule has 4 heteroatoms. The molecule has 2 nitrogen and oxygen atoms in total. The molecule has 12 heavy (non-hydrogen) atoms. The first-order chi connectivity index (χ1) is 5.70. The van der Waals surface area contributed by atoms with E-state index in [1.807, 2.05) is 0 Å². The van der Waals surface area contributed by atoms with Gasteiger partial charge < -0.3 is 0 Å². The lowest BCUT2D eigenvalue weighted by Crippen LogP contribution is -2.39. The van der Waals surface area contributed by atoms with Crippen molar-refractivity contribution in [2.75, 3.05) is 26.2 Å². The molecule has 0 saturated carbocycles. The number of nitrogens with zero attached hydrogens (tertiary/aromatic N) is 2. The summed E-state index contributed by atoms with van der Waals surface area (Å²) < 4.78 is 4.31. The Hall–Kier alpha value is 0.620. The zero-order valence-electron chi connectivity index (χ0n) is 7.24. The Morgan fingerprint density at radius 3 is 2.08 bits per heavy atom. The van der Waals surface area contributed by atoms with Gasteiger partial charge in [-0.15, -0.1) is 0 Å². The van der Waals surface area contributed by atoms with Crippen LogP contribution in [0.1, 0.15) is 19.3 Å². The first kappa shape index (κ1) is 9.19. The summed E-state index contributed by atoms with van der Waals surface area (Å²) in [5, 5.41) is 0. The third-order valence-corrected chi connectivity index (χ3v) is 3.74. The molecule has 0 radical (unpaired) electrons. The van der Waals surface area contributed by atoms with Crippen molar-refractivity contribution in [3.63, 3.8) is 0 Å². The molecule has 2 rings (SSSR count). The highest BCUT2D eigenvalue weighted by molar-refractivity contribution is 7.77. The Morgan fingerprint density at radius 1 is 0.917 bits per heavy atom. The van der Waals surface area contributed by atoms with Gasteiger partial charge in [0.1, 0.15) is 0 Å². The maximum absolute atomic E-state index is 4.43. The van der Waals surface area contributed by atoms with Crippen LogP contribution in [-0.4, -0.2) is 34.8 Å². The second kappa shape index (κ2) is 3.40. The van der Waals surface area contributed by atoms with E-state index in [0.29, 0.717) is 5.41 Å².